The Labute approximate surface area is 175 Å². The van der Waals surface area contributed by atoms with E-state index in [9.17, 15) is 4.79 Å². The number of hydrogen-bond donors (Lipinski definition) is 1. The lowest BCUT2D eigenvalue weighted by molar-refractivity contribution is 0.0771. The summed E-state index contributed by atoms with van der Waals surface area (Å²) in [5.74, 6) is 1.84. The Bertz CT molecular complexity index is 975. The second-order valence-electron chi connectivity index (χ2n) is 6.52. The Morgan fingerprint density at radius 1 is 1.14 bits per heavy atom. The number of aryl methyl sites for hydroxylation is 2. The van der Waals surface area contributed by atoms with Crippen molar-refractivity contribution in [2.75, 3.05) is 25.0 Å². The van der Waals surface area contributed by atoms with Crippen LogP contribution in [0.1, 0.15) is 28.8 Å². The molecular weight excluding hydrogens is 388 g/mol. The van der Waals surface area contributed by atoms with Crippen molar-refractivity contribution >= 4 is 23.3 Å². The maximum atomic E-state index is 13.2. The van der Waals surface area contributed by atoms with E-state index < -0.39 is 0 Å². The minimum Gasteiger partial charge on any atom is -0.368 e. The minimum absolute atomic E-state index is 0.116. The molecule has 0 radical (unpaired) electrons. The topological polar surface area (TPSA) is 83.9 Å². The summed E-state index contributed by atoms with van der Waals surface area (Å²) in [4.78, 5) is 32.2. The summed E-state index contributed by atoms with van der Waals surface area (Å²) in [6, 6.07) is 8.81. The highest BCUT2D eigenvalue weighted by atomic mass is 35.5. The molecule has 3 aromatic rings. The van der Waals surface area contributed by atoms with E-state index in [2.05, 4.69) is 25.3 Å². The van der Waals surface area contributed by atoms with E-state index in [1.165, 1.54) is 0 Å². The van der Waals surface area contributed by atoms with Gasteiger partial charge in [-0.05, 0) is 45.0 Å². The molecule has 0 aliphatic rings. The molecule has 1 aromatic carbocycles. The molecule has 0 saturated heterocycles. The number of nitrogens with zero attached hydrogens (tertiary/aromatic N) is 5. The second kappa shape index (κ2) is 9.43. The molecule has 0 aliphatic heterocycles. The van der Waals surface area contributed by atoms with Gasteiger partial charge in [0.05, 0.1) is 5.56 Å². The van der Waals surface area contributed by atoms with Crippen molar-refractivity contribution in [3.63, 3.8) is 0 Å². The number of carbonyl (C=O) groups excluding carboxylic acids is 1. The van der Waals surface area contributed by atoms with E-state index in [0.717, 1.165) is 11.5 Å². The third-order valence-electron chi connectivity index (χ3n) is 4.34. The monoisotopic (exact) mass is 410 g/mol. The lowest BCUT2D eigenvalue weighted by Crippen LogP contribution is -2.35. The number of hydrogen-bond acceptors (Lipinski definition) is 6. The van der Waals surface area contributed by atoms with Crippen molar-refractivity contribution in [1.82, 2.24) is 24.8 Å². The molecule has 0 saturated carbocycles. The van der Waals surface area contributed by atoms with Gasteiger partial charge in [-0.2, -0.15) is 0 Å². The van der Waals surface area contributed by atoms with Crippen LogP contribution < -0.4 is 5.32 Å². The van der Waals surface area contributed by atoms with Crippen molar-refractivity contribution < 1.29 is 4.79 Å². The van der Waals surface area contributed by atoms with E-state index in [1.54, 1.807) is 41.6 Å². The molecule has 8 heteroatoms. The number of nitrogens with one attached hydrogen (secondary N) is 1. The quantitative estimate of drug-likeness (QED) is 0.638. The highest BCUT2D eigenvalue weighted by Gasteiger charge is 2.20. The summed E-state index contributed by atoms with van der Waals surface area (Å²) in [6.45, 7) is 7.36. The summed E-state index contributed by atoms with van der Waals surface area (Å²) >= 11 is 6.17. The molecule has 1 amide bonds. The number of benzene rings is 1. The fourth-order valence-electron chi connectivity index (χ4n) is 3.03. The predicted octanol–water partition coefficient (Wildman–Crippen LogP) is 3.78. The van der Waals surface area contributed by atoms with Crippen molar-refractivity contribution in [1.29, 1.82) is 0 Å². The first-order valence-electron chi connectivity index (χ1n) is 9.40. The van der Waals surface area contributed by atoms with E-state index in [4.69, 9.17) is 11.6 Å². The SMILES string of the molecule is CCN(CCNc1cc(C)nc(C)n1)C(=O)c1cc(Cl)ccc1-c1ncccn1. The second-order valence-corrected chi connectivity index (χ2v) is 6.95. The Kier molecular flexibility index (Phi) is 6.72. The van der Waals surface area contributed by atoms with E-state index in [1.807, 2.05) is 26.8 Å². The highest BCUT2D eigenvalue weighted by molar-refractivity contribution is 6.31. The van der Waals surface area contributed by atoms with E-state index in [0.29, 0.717) is 47.4 Å². The molecule has 0 atom stereocenters. The zero-order chi connectivity index (χ0) is 20.8. The Morgan fingerprint density at radius 3 is 2.59 bits per heavy atom. The van der Waals surface area contributed by atoms with Gasteiger partial charge in [0.25, 0.3) is 5.91 Å². The van der Waals surface area contributed by atoms with Gasteiger partial charge in [0.15, 0.2) is 5.82 Å². The van der Waals surface area contributed by atoms with Crippen LogP contribution in [0.5, 0.6) is 0 Å². The van der Waals surface area contributed by atoms with Crippen LogP contribution in [0.2, 0.25) is 5.02 Å². The largest absolute Gasteiger partial charge is 0.368 e. The minimum atomic E-state index is -0.116. The summed E-state index contributed by atoms with van der Waals surface area (Å²) in [5.41, 5.74) is 2.04. The maximum absolute atomic E-state index is 13.2. The van der Waals surface area contributed by atoms with Crippen LogP contribution in [0.3, 0.4) is 0 Å². The first-order valence-corrected chi connectivity index (χ1v) is 9.78. The van der Waals surface area contributed by atoms with Crippen LogP contribution in [-0.2, 0) is 0 Å². The van der Waals surface area contributed by atoms with Gasteiger partial charge in [0.2, 0.25) is 0 Å². The average Bonchev–Trinajstić information content (AvgIpc) is 2.70. The number of likely N-dealkylation sites (N-methyl/N-ethyl adjacent to an activating group) is 1. The molecule has 3 rings (SSSR count). The summed E-state index contributed by atoms with van der Waals surface area (Å²) in [5, 5.41) is 3.75. The summed E-state index contributed by atoms with van der Waals surface area (Å²) in [7, 11) is 0. The molecular formula is C21H23ClN6O. The van der Waals surface area contributed by atoms with Crippen LogP contribution in [0.4, 0.5) is 5.82 Å². The first kappa shape index (κ1) is 20.7. The first-order chi connectivity index (χ1) is 14.0. The van der Waals surface area contributed by atoms with E-state index in [-0.39, 0.29) is 5.91 Å². The third-order valence-corrected chi connectivity index (χ3v) is 4.58. The fourth-order valence-corrected chi connectivity index (χ4v) is 3.20. The number of aromatic nitrogens is 4. The molecule has 0 fully saturated rings. The number of amides is 1. The number of rotatable bonds is 7. The molecule has 2 heterocycles. The van der Waals surface area contributed by atoms with Crippen molar-refractivity contribution in [3.8, 4) is 11.4 Å². The molecule has 1 N–H and O–H groups in total. The molecule has 2 aromatic heterocycles. The lowest BCUT2D eigenvalue weighted by Gasteiger charge is -2.22. The van der Waals surface area contributed by atoms with Gasteiger partial charge in [0, 0.05) is 54.4 Å². The maximum Gasteiger partial charge on any atom is 0.254 e. The molecule has 150 valence electrons. The molecule has 29 heavy (non-hydrogen) atoms. The fraction of sp³-hybridized carbons (Fsp3) is 0.286. The molecule has 7 nitrogen and oxygen atoms in total. The third kappa shape index (κ3) is 5.26. The van der Waals surface area contributed by atoms with Gasteiger partial charge in [-0.3, -0.25) is 4.79 Å². The molecule has 0 spiro atoms. The molecule has 0 bridgehead atoms. The van der Waals surface area contributed by atoms with Gasteiger partial charge < -0.3 is 10.2 Å². The zero-order valence-corrected chi connectivity index (χ0v) is 17.4. The lowest BCUT2D eigenvalue weighted by atomic mass is 10.1. The van der Waals surface area contributed by atoms with Crippen LogP contribution in [0.15, 0.2) is 42.7 Å². The highest BCUT2D eigenvalue weighted by Crippen LogP contribution is 2.25. The number of carbonyl (C=O) groups is 1. The average molecular weight is 411 g/mol. The molecule has 0 aliphatic carbocycles. The standard InChI is InChI=1S/C21H23ClN6O/c1-4-28(11-10-23-19-12-14(2)26-15(3)27-19)21(29)18-13-16(22)6-7-17(18)20-24-8-5-9-25-20/h5-9,12-13H,4,10-11H2,1-3H3,(H,23,26,27). The van der Waals surface area contributed by atoms with Gasteiger partial charge in [-0.1, -0.05) is 11.6 Å². The Hall–Kier alpha value is -3.06. The van der Waals surface area contributed by atoms with Crippen LogP contribution in [-0.4, -0.2) is 50.4 Å². The van der Waals surface area contributed by atoms with Crippen molar-refractivity contribution in [2.24, 2.45) is 0 Å². The Balaban J connectivity index is 1.76. The van der Waals surface area contributed by atoms with Crippen molar-refractivity contribution in [3.05, 3.63) is 64.8 Å². The van der Waals surface area contributed by atoms with Gasteiger partial charge >= 0.3 is 0 Å². The van der Waals surface area contributed by atoms with Gasteiger partial charge in [-0.25, -0.2) is 19.9 Å². The van der Waals surface area contributed by atoms with Gasteiger partial charge in [0.1, 0.15) is 11.6 Å². The molecule has 0 unspecified atom stereocenters. The number of anilines is 1. The zero-order valence-electron chi connectivity index (χ0n) is 16.7. The van der Waals surface area contributed by atoms with E-state index >= 15 is 0 Å². The number of halogens is 1. The normalized spacial score (nSPS) is 10.6. The van der Waals surface area contributed by atoms with Crippen LogP contribution in [0.25, 0.3) is 11.4 Å². The summed E-state index contributed by atoms with van der Waals surface area (Å²) in [6.07, 6.45) is 3.30. The van der Waals surface area contributed by atoms with Crippen molar-refractivity contribution in [2.45, 2.75) is 20.8 Å². The van der Waals surface area contributed by atoms with Crippen LogP contribution in [0, 0.1) is 13.8 Å². The van der Waals surface area contributed by atoms with Gasteiger partial charge in [-0.15, -0.1) is 0 Å². The smallest absolute Gasteiger partial charge is 0.254 e. The Morgan fingerprint density at radius 2 is 1.90 bits per heavy atom. The van der Waals surface area contributed by atoms with Crippen LogP contribution >= 0.6 is 11.6 Å². The summed E-state index contributed by atoms with van der Waals surface area (Å²) < 4.78 is 0. The predicted molar refractivity (Wildman–Crippen MR) is 114 cm³/mol.